The van der Waals surface area contributed by atoms with Crippen LogP contribution in [0.5, 0.6) is 0 Å². The minimum absolute atomic E-state index is 0.310. The van der Waals surface area contributed by atoms with E-state index in [0.29, 0.717) is 30.0 Å². The molecule has 0 aliphatic carbocycles. The van der Waals surface area contributed by atoms with Crippen molar-refractivity contribution in [2.75, 3.05) is 0 Å². The molecule has 0 saturated heterocycles. The Morgan fingerprint density at radius 3 is 2.50 bits per heavy atom. The summed E-state index contributed by atoms with van der Waals surface area (Å²) < 4.78 is 28.7. The van der Waals surface area contributed by atoms with Crippen molar-refractivity contribution in [1.82, 2.24) is 0 Å². The Bertz CT molecular complexity index is 536. The SMILES string of the molecule is CCC1=C(Cl)N=CCC1C(F)(CC)c1ccc(F)cc1. The second-order valence-corrected chi connectivity index (χ2v) is 5.35. The molecule has 1 heterocycles. The third kappa shape index (κ3) is 2.64. The van der Waals surface area contributed by atoms with Gasteiger partial charge in [0, 0.05) is 12.1 Å². The van der Waals surface area contributed by atoms with Crippen LogP contribution in [0, 0.1) is 11.7 Å². The first-order chi connectivity index (χ1) is 9.52. The number of allylic oxidation sites excluding steroid dienone is 1. The first kappa shape index (κ1) is 15.2. The minimum atomic E-state index is -1.55. The van der Waals surface area contributed by atoms with Crippen LogP contribution in [-0.2, 0) is 5.67 Å². The Hall–Kier alpha value is -1.22. The van der Waals surface area contributed by atoms with Gasteiger partial charge in [-0.3, -0.25) is 0 Å². The van der Waals surface area contributed by atoms with E-state index in [9.17, 15) is 4.39 Å². The highest BCUT2D eigenvalue weighted by atomic mass is 35.5. The standard InChI is InChI=1S/C16H18ClF2N/c1-3-13-14(9-10-20-15(13)17)16(19,4-2)11-5-7-12(18)8-6-11/h5-8,10,14H,3-4,9H2,1-2H3. The Kier molecular flexibility index (Phi) is 4.59. The number of aliphatic imine (C=N–C) groups is 1. The van der Waals surface area contributed by atoms with Gasteiger partial charge in [0.2, 0.25) is 0 Å². The van der Waals surface area contributed by atoms with Crippen LogP contribution >= 0.6 is 11.6 Å². The molecule has 1 aliphatic heterocycles. The number of hydrogen-bond acceptors (Lipinski definition) is 1. The Morgan fingerprint density at radius 2 is 1.95 bits per heavy atom. The van der Waals surface area contributed by atoms with E-state index in [1.54, 1.807) is 13.1 Å². The van der Waals surface area contributed by atoms with Gasteiger partial charge in [0.1, 0.15) is 16.6 Å². The van der Waals surface area contributed by atoms with Crippen molar-refractivity contribution >= 4 is 17.8 Å². The van der Waals surface area contributed by atoms with Crippen molar-refractivity contribution < 1.29 is 8.78 Å². The van der Waals surface area contributed by atoms with Crippen LogP contribution < -0.4 is 0 Å². The molecule has 2 atom stereocenters. The number of rotatable bonds is 4. The largest absolute Gasteiger partial charge is 0.249 e. The zero-order valence-electron chi connectivity index (χ0n) is 11.7. The monoisotopic (exact) mass is 297 g/mol. The lowest BCUT2D eigenvalue weighted by molar-refractivity contribution is 0.0941. The summed E-state index contributed by atoms with van der Waals surface area (Å²) in [6.07, 6.45) is 3.15. The molecule has 1 aromatic rings. The highest BCUT2D eigenvalue weighted by molar-refractivity contribution is 6.30. The molecule has 0 aromatic heterocycles. The van der Waals surface area contributed by atoms with Crippen molar-refractivity contribution in [3.63, 3.8) is 0 Å². The molecule has 0 bridgehead atoms. The summed E-state index contributed by atoms with van der Waals surface area (Å²) in [4.78, 5) is 4.08. The normalized spacial score (nSPS) is 21.9. The Morgan fingerprint density at radius 1 is 1.30 bits per heavy atom. The van der Waals surface area contributed by atoms with Crippen LogP contribution in [0.3, 0.4) is 0 Å². The average Bonchev–Trinajstić information content (AvgIpc) is 2.47. The summed E-state index contributed by atoms with van der Waals surface area (Å²) >= 11 is 6.11. The smallest absolute Gasteiger partial charge is 0.142 e. The molecule has 0 radical (unpaired) electrons. The van der Waals surface area contributed by atoms with E-state index < -0.39 is 5.67 Å². The lowest BCUT2D eigenvalue weighted by Crippen LogP contribution is -2.33. The lowest BCUT2D eigenvalue weighted by atomic mass is 9.74. The van der Waals surface area contributed by atoms with Crippen LogP contribution in [0.1, 0.15) is 38.7 Å². The van der Waals surface area contributed by atoms with Gasteiger partial charge in [0.25, 0.3) is 0 Å². The summed E-state index contributed by atoms with van der Waals surface area (Å²) in [5.41, 5.74) is -0.217. The lowest BCUT2D eigenvalue weighted by Gasteiger charge is -2.36. The molecule has 2 rings (SSSR count). The minimum Gasteiger partial charge on any atom is -0.249 e. The van der Waals surface area contributed by atoms with Crippen molar-refractivity contribution in [3.8, 4) is 0 Å². The summed E-state index contributed by atoms with van der Waals surface area (Å²) in [6.45, 7) is 3.75. The van der Waals surface area contributed by atoms with Gasteiger partial charge in [-0.1, -0.05) is 37.6 Å². The molecule has 0 fully saturated rings. The topological polar surface area (TPSA) is 12.4 Å². The molecule has 2 unspecified atom stereocenters. The average molecular weight is 298 g/mol. The van der Waals surface area contributed by atoms with E-state index in [1.807, 2.05) is 6.92 Å². The molecule has 1 aliphatic rings. The predicted octanol–water partition coefficient (Wildman–Crippen LogP) is 5.35. The fourth-order valence-electron chi connectivity index (χ4n) is 2.84. The molecule has 1 nitrogen and oxygen atoms in total. The van der Waals surface area contributed by atoms with Gasteiger partial charge in [-0.2, -0.15) is 0 Å². The molecule has 4 heteroatoms. The molecule has 1 aromatic carbocycles. The van der Waals surface area contributed by atoms with E-state index in [4.69, 9.17) is 11.6 Å². The molecule has 20 heavy (non-hydrogen) atoms. The van der Waals surface area contributed by atoms with Crippen LogP contribution in [0.15, 0.2) is 40.0 Å². The van der Waals surface area contributed by atoms with Crippen LogP contribution in [0.2, 0.25) is 0 Å². The van der Waals surface area contributed by atoms with Gasteiger partial charge in [0.15, 0.2) is 0 Å². The van der Waals surface area contributed by atoms with Gasteiger partial charge >= 0.3 is 0 Å². The van der Waals surface area contributed by atoms with E-state index in [1.165, 1.54) is 24.3 Å². The summed E-state index contributed by atoms with van der Waals surface area (Å²) in [5, 5.41) is 0.390. The second-order valence-electron chi connectivity index (χ2n) is 4.99. The number of nitrogens with zero attached hydrogens (tertiary/aromatic N) is 1. The maximum atomic E-state index is 15.6. The van der Waals surface area contributed by atoms with Gasteiger partial charge < -0.3 is 0 Å². The van der Waals surface area contributed by atoms with Crippen molar-refractivity contribution in [2.45, 2.75) is 38.8 Å². The van der Waals surface area contributed by atoms with Crippen molar-refractivity contribution in [3.05, 3.63) is 46.4 Å². The van der Waals surface area contributed by atoms with Gasteiger partial charge in [-0.05, 0) is 42.5 Å². The van der Waals surface area contributed by atoms with Crippen molar-refractivity contribution in [2.24, 2.45) is 10.9 Å². The third-order valence-electron chi connectivity index (χ3n) is 4.00. The third-order valence-corrected chi connectivity index (χ3v) is 4.34. The first-order valence-corrected chi connectivity index (χ1v) is 7.26. The molecular weight excluding hydrogens is 280 g/mol. The first-order valence-electron chi connectivity index (χ1n) is 6.89. The van der Waals surface area contributed by atoms with Crippen LogP contribution in [0.25, 0.3) is 0 Å². The van der Waals surface area contributed by atoms with Crippen LogP contribution in [0.4, 0.5) is 8.78 Å². The molecule has 0 amide bonds. The maximum absolute atomic E-state index is 15.6. The van der Waals surface area contributed by atoms with E-state index in [0.717, 1.165) is 5.57 Å². The summed E-state index contributed by atoms with van der Waals surface area (Å²) in [6, 6.07) is 5.64. The fraction of sp³-hybridized carbons (Fsp3) is 0.438. The van der Waals surface area contributed by atoms with E-state index in [-0.39, 0.29) is 11.7 Å². The maximum Gasteiger partial charge on any atom is 0.142 e. The highest BCUT2D eigenvalue weighted by Crippen LogP contribution is 2.46. The predicted molar refractivity (Wildman–Crippen MR) is 79.2 cm³/mol. The number of halogens is 3. The van der Waals surface area contributed by atoms with Gasteiger partial charge in [-0.15, -0.1) is 0 Å². The Balaban J connectivity index is 2.45. The Labute approximate surface area is 123 Å². The molecular formula is C16H18ClF2N. The molecule has 0 saturated carbocycles. The second kappa shape index (κ2) is 6.04. The number of benzene rings is 1. The van der Waals surface area contributed by atoms with E-state index >= 15 is 4.39 Å². The van der Waals surface area contributed by atoms with Gasteiger partial charge in [-0.25, -0.2) is 13.8 Å². The van der Waals surface area contributed by atoms with Gasteiger partial charge in [0.05, 0.1) is 0 Å². The molecule has 108 valence electrons. The van der Waals surface area contributed by atoms with E-state index in [2.05, 4.69) is 4.99 Å². The zero-order valence-corrected chi connectivity index (χ0v) is 12.4. The summed E-state index contributed by atoms with van der Waals surface area (Å²) in [7, 11) is 0. The fourth-order valence-corrected chi connectivity index (χ4v) is 3.18. The highest BCUT2D eigenvalue weighted by Gasteiger charge is 2.42. The number of hydrogen-bond donors (Lipinski definition) is 0. The summed E-state index contributed by atoms with van der Waals surface area (Å²) in [5.74, 6) is -0.699. The zero-order chi connectivity index (χ0) is 14.8. The van der Waals surface area contributed by atoms with Crippen molar-refractivity contribution in [1.29, 1.82) is 0 Å². The van der Waals surface area contributed by atoms with Crippen LogP contribution in [-0.4, -0.2) is 6.21 Å². The number of alkyl halides is 1. The molecule has 0 N–H and O–H groups in total. The quantitative estimate of drug-likeness (QED) is 0.664. The molecule has 0 spiro atoms.